The number of esters is 2. The summed E-state index contributed by atoms with van der Waals surface area (Å²) in [6, 6.07) is 14.5. The summed E-state index contributed by atoms with van der Waals surface area (Å²) in [5.41, 5.74) is 6.58. The lowest BCUT2D eigenvalue weighted by molar-refractivity contribution is -0.139. The second-order valence-electron chi connectivity index (χ2n) is 7.34. The van der Waals surface area contributed by atoms with Crippen LogP contribution in [0.2, 0.25) is 0 Å². The van der Waals surface area contributed by atoms with Crippen molar-refractivity contribution in [3.63, 3.8) is 0 Å². The molecule has 0 radical (unpaired) electrons. The van der Waals surface area contributed by atoms with E-state index in [-0.39, 0.29) is 33.9 Å². The van der Waals surface area contributed by atoms with Gasteiger partial charge < -0.3 is 24.7 Å². The van der Waals surface area contributed by atoms with Gasteiger partial charge in [0, 0.05) is 19.8 Å². The fourth-order valence-corrected chi connectivity index (χ4v) is 3.98. The molecule has 2 aromatic rings. The summed E-state index contributed by atoms with van der Waals surface area (Å²) in [7, 11) is 4.99. The van der Waals surface area contributed by atoms with E-state index in [1.165, 1.54) is 26.4 Å². The average Bonchev–Trinajstić information content (AvgIpc) is 2.88. The van der Waals surface area contributed by atoms with Crippen LogP contribution in [-0.2, 0) is 28.5 Å². The van der Waals surface area contributed by atoms with Gasteiger partial charge in [-0.3, -0.25) is 4.90 Å². The third-order valence-corrected chi connectivity index (χ3v) is 5.53. The molecule has 0 spiro atoms. The maximum absolute atomic E-state index is 15.1. The lowest BCUT2D eigenvalue weighted by Crippen LogP contribution is -2.40. The van der Waals surface area contributed by atoms with Crippen molar-refractivity contribution in [1.82, 2.24) is 0 Å². The molecule has 0 fully saturated rings. The van der Waals surface area contributed by atoms with Crippen LogP contribution < -0.4 is 10.6 Å². The molecule has 9 nitrogen and oxygen atoms in total. The van der Waals surface area contributed by atoms with Gasteiger partial charge in [0.05, 0.1) is 43.0 Å². The van der Waals surface area contributed by atoms with Crippen molar-refractivity contribution < 1.29 is 32.9 Å². The number of carbonyl (C=O) groups excluding carboxylic acids is 2. The molecular weight excluding hydrogens is 457 g/mol. The molecular formula is C25H24FN3O6. The molecule has 2 aromatic carbocycles. The Labute approximate surface area is 201 Å². The van der Waals surface area contributed by atoms with Crippen LogP contribution in [0.4, 0.5) is 10.1 Å². The van der Waals surface area contributed by atoms with Crippen molar-refractivity contribution in [3.8, 4) is 6.07 Å². The van der Waals surface area contributed by atoms with Crippen LogP contribution in [0.5, 0.6) is 0 Å². The quantitative estimate of drug-likeness (QED) is 0.469. The van der Waals surface area contributed by atoms with Crippen molar-refractivity contribution in [2.45, 2.75) is 12.2 Å². The van der Waals surface area contributed by atoms with E-state index >= 15 is 4.39 Å². The zero-order chi connectivity index (χ0) is 25.7. The van der Waals surface area contributed by atoms with Gasteiger partial charge in [0.25, 0.3) is 0 Å². The zero-order valence-electron chi connectivity index (χ0n) is 19.6. The Morgan fingerprint density at radius 1 is 1.03 bits per heavy atom. The third kappa shape index (κ3) is 4.59. The summed E-state index contributed by atoms with van der Waals surface area (Å²) in [4.78, 5) is 27.2. The molecule has 0 aromatic heterocycles. The Kier molecular flexibility index (Phi) is 7.86. The number of rotatable bonds is 7. The molecule has 1 atom stereocenters. The number of nitriles is 1. The molecule has 1 aliphatic rings. The first-order chi connectivity index (χ1) is 16.8. The van der Waals surface area contributed by atoms with E-state index in [1.54, 1.807) is 30.3 Å². The van der Waals surface area contributed by atoms with Crippen molar-refractivity contribution in [2.24, 2.45) is 5.73 Å². The monoisotopic (exact) mass is 481 g/mol. The largest absolute Gasteiger partial charge is 0.466 e. The molecule has 3 rings (SSSR count). The molecule has 0 saturated carbocycles. The van der Waals surface area contributed by atoms with E-state index in [4.69, 9.17) is 24.7 Å². The van der Waals surface area contributed by atoms with E-state index in [9.17, 15) is 14.9 Å². The van der Waals surface area contributed by atoms with Gasteiger partial charge in [-0.1, -0.05) is 30.3 Å². The molecule has 1 unspecified atom stereocenters. The van der Waals surface area contributed by atoms with Crippen LogP contribution >= 0.6 is 0 Å². The topological polar surface area (TPSA) is 124 Å². The second-order valence-corrected chi connectivity index (χ2v) is 7.34. The van der Waals surface area contributed by atoms with Crippen molar-refractivity contribution in [1.29, 1.82) is 5.26 Å². The smallest absolute Gasteiger partial charge is 0.355 e. The number of hydrogen-bond acceptors (Lipinski definition) is 9. The highest BCUT2D eigenvalue weighted by Gasteiger charge is 2.43. The van der Waals surface area contributed by atoms with Gasteiger partial charge in [-0.05, 0) is 23.8 Å². The number of nitrogens with zero attached hydrogens (tertiary/aromatic N) is 2. The fraction of sp³-hybridized carbons (Fsp3) is 0.240. The molecule has 0 bridgehead atoms. The Morgan fingerprint density at radius 3 is 2.17 bits per heavy atom. The molecule has 1 aliphatic heterocycles. The van der Waals surface area contributed by atoms with E-state index in [0.717, 1.165) is 25.2 Å². The van der Waals surface area contributed by atoms with Crippen molar-refractivity contribution in [2.75, 3.05) is 33.3 Å². The second kappa shape index (κ2) is 10.8. The number of benzene rings is 2. The molecule has 182 valence electrons. The predicted octanol–water partition coefficient (Wildman–Crippen LogP) is 3.01. The first-order valence-corrected chi connectivity index (χ1v) is 10.3. The minimum absolute atomic E-state index is 0.0274. The van der Waals surface area contributed by atoms with Gasteiger partial charge in [-0.25, -0.2) is 14.0 Å². The normalized spacial score (nSPS) is 15.8. The number of halogens is 1. The molecule has 0 aliphatic carbocycles. The maximum Gasteiger partial charge on any atom is 0.355 e. The van der Waals surface area contributed by atoms with E-state index in [2.05, 4.69) is 0 Å². The first kappa shape index (κ1) is 25.4. The summed E-state index contributed by atoms with van der Waals surface area (Å²) in [6.45, 7) is 0. The zero-order valence-corrected chi connectivity index (χ0v) is 19.6. The Morgan fingerprint density at radius 2 is 1.66 bits per heavy atom. The summed E-state index contributed by atoms with van der Waals surface area (Å²) in [6.07, 6.45) is -0.975. The van der Waals surface area contributed by atoms with Gasteiger partial charge >= 0.3 is 11.9 Å². The highest BCUT2D eigenvalue weighted by atomic mass is 19.1. The number of ether oxygens (including phenoxy) is 4. The molecule has 10 heteroatoms. The Balaban J connectivity index is 2.35. The number of carbonyl (C=O) groups is 2. The number of hydrogen-bond donors (Lipinski definition) is 1. The van der Waals surface area contributed by atoms with E-state index in [0.29, 0.717) is 5.56 Å². The van der Waals surface area contributed by atoms with Gasteiger partial charge in [0.15, 0.2) is 6.29 Å². The number of methoxy groups -OCH3 is 4. The summed E-state index contributed by atoms with van der Waals surface area (Å²) in [5, 5.41) is 10.0. The van der Waals surface area contributed by atoms with E-state index < -0.39 is 30.0 Å². The van der Waals surface area contributed by atoms with E-state index in [1.807, 2.05) is 6.07 Å². The molecule has 0 saturated heterocycles. The number of nitrogens with two attached hydrogens (primary N) is 1. The van der Waals surface area contributed by atoms with Crippen LogP contribution in [0.25, 0.3) is 0 Å². The molecule has 2 N–H and O–H groups in total. The average molecular weight is 481 g/mol. The number of allylic oxidation sites excluding steroid dienone is 1. The van der Waals surface area contributed by atoms with Crippen molar-refractivity contribution >= 4 is 17.6 Å². The molecule has 0 amide bonds. The first-order valence-electron chi connectivity index (χ1n) is 10.3. The van der Waals surface area contributed by atoms with Gasteiger partial charge in [0.1, 0.15) is 17.3 Å². The van der Waals surface area contributed by atoms with Crippen LogP contribution in [0, 0.1) is 17.1 Å². The fourth-order valence-electron chi connectivity index (χ4n) is 3.98. The highest BCUT2D eigenvalue weighted by Crippen LogP contribution is 2.43. The van der Waals surface area contributed by atoms with Crippen LogP contribution in [0.1, 0.15) is 23.3 Å². The highest BCUT2D eigenvalue weighted by molar-refractivity contribution is 6.06. The lowest BCUT2D eigenvalue weighted by Gasteiger charge is -2.36. The van der Waals surface area contributed by atoms with Gasteiger partial charge in [-0.15, -0.1) is 0 Å². The van der Waals surface area contributed by atoms with Crippen molar-refractivity contribution in [3.05, 3.63) is 88.1 Å². The Hall–Kier alpha value is -4.20. The van der Waals surface area contributed by atoms with Gasteiger partial charge in [-0.2, -0.15) is 5.26 Å². The SMILES string of the molecule is COC(=O)C1=C(C(=O)OC)N(c2ccc(C(OC)OC)c(F)c2)C(N)=C(C#N)C1c1ccccc1. The minimum atomic E-state index is -1.02. The van der Waals surface area contributed by atoms with Crippen LogP contribution in [0.15, 0.2) is 71.2 Å². The van der Waals surface area contributed by atoms with Crippen LogP contribution in [0.3, 0.4) is 0 Å². The summed E-state index contributed by atoms with van der Waals surface area (Å²) >= 11 is 0. The summed E-state index contributed by atoms with van der Waals surface area (Å²) < 4.78 is 35.2. The summed E-state index contributed by atoms with van der Waals surface area (Å²) in [5.74, 6) is -3.72. The van der Waals surface area contributed by atoms with Gasteiger partial charge in [0.2, 0.25) is 0 Å². The lowest BCUT2D eigenvalue weighted by atomic mass is 9.81. The third-order valence-electron chi connectivity index (χ3n) is 5.53. The molecule has 1 heterocycles. The minimum Gasteiger partial charge on any atom is -0.466 e. The maximum atomic E-state index is 15.1. The Bertz CT molecular complexity index is 1230. The molecule has 35 heavy (non-hydrogen) atoms. The van der Waals surface area contributed by atoms with Crippen LogP contribution in [-0.4, -0.2) is 40.4 Å². The standard InChI is InChI=1S/C25H24FN3O6/c1-32-23(30)20-19(14-8-6-5-7-9-14)17(13-27)22(28)29(21(20)24(31)33-2)15-10-11-16(18(26)12-15)25(34-3)35-4/h5-12,19,25H,28H2,1-4H3. The number of anilines is 1. The predicted molar refractivity (Wildman–Crippen MR) is 123 cm³/mol.